The summed E-state index contributed by atoms with van der Waals surface area (Å²) in [6.45, 7) is 14.7. The first-order valence-corrected chi connectivity index (χ1v) is 8.63. The molecule has 1 saturated heterocycles. The maximum Gasteiger partial charge on any atom is 0.0446 e. The molecule has 1 aromatic carbocycles. The molecule has 0 amide bonds. The first kappa shape index (κ1) is 17.5. The van der Waals surface area contributed by atoms with Crippen molar-refractivity contribution in [3.63, 3.8) is 0 Å². The summed E-state index contributed by atoms with van der Waals surface area (Å²) in [7, 11) is 0. The monoisotopic (exact) mass is 304 g/mol. The van der Waals surface area contributed by atoms with E-state index in [-0.39, 0.29) is 6.61 Å². The molecule has 124 valence electrons. The first-order valence-electron chi connectivity index (χ1n) is 8.63. The van der Waals surface area contributed by atoms with Crippen molar-refractivity contribution in [2.75, 3.05) is 32.8 Å². The normalized spacial score (nSPS) is 20.7. The molecule has 0 bridgehead atoms. The van der Waals surface area contributed by atoms with Gasteiger partial charge in [-0.3, -0.25) is 9.80 Å². The van der Waals surface area contributed by atoms with Crippen LogP contribution in [0.5, 0.6) is 0 Å². The highest BCUT2D eigenvalue weighted by atomic mass is 16.3. The Hall–Kier alpha value is -0.900. The lowest BCUT2D eigenvalue weighted by Crippen LogP contribution is -2.53. The van der Waals surface area contributed by atoms with E-state index in [1.54, 1.807) is 0 Å². The van der Waals surface area contributed by atoms with Crippen LogP contribution in [-0.2, 0) is 6.54 Å². The predicted molar refractivity (Wildman–Crippen MR) is 93.1 cm³/mol. The van der Waals surface area contributed by atoms with Crippen LogP contribution in [-0.4, -0.2) is 53.7 Å². The van der Waals surface area contributed by atoms with Gasteiger partial charge in [0.2, 0.25) is 0 Å². The second-order valence-electron chi connectivity index (χ2n) is 7.22. The van der Waals surface area contributed by atoms with E-state index >= 15 is 0 Å². The van der Waals surface area contributed by atoms with Gasteiger partial charge < -0.3 is 5.11 Å². The van der Waals surface area contributed by atoms with Crippen molar-refractivity contribution in [2.24, 2.45) is 5.92 Å². The number of nitrogens with zero attached hydrogens (tertiary/aromatic N) is 2. The average Bonchev–Trinajstić information content (AvgIpc) is 2.45. The number of aryl methyl sites for hydroxylation is 2. The third-order valence-corrected chi connectivity index (χ3v) is 4.65. The van der Waals surface area contributed by atoms with Crippen molar-refractivity contribution in [1.82, 2.24) is 9.80 Å². The Kier molecular flexibility index (Phi) is 6.42. The highest BCUT2D eigenvalue weighted by Gasteiger charge is 2.27. The Balaban J connectivity index is 2.00. The molecule has 1 unspecified atom stereocenters. The number of rotatable bonds is 6. The quantitative estimate of drug-likeness (QED) is 0.875. The Morgan fingerprint density at radius 2 is 2.00 bits per heavy atom. The van der Waals surface area contributed by atoms with Gasteiger partial charge in [-0.1, -0.05) is 37.6 Å². The van der Waals surface area contributed by atoms with Gasteiger partial charge in [0, 0.05) is 45.4 Å². The van der Waals surface area contributed by atoms with Crippen molar-refractivity contribution < 1.29 is 5.11 Å². The highest BCUT2D eigenvalue weighted by Crippen LogP contribution is 2.19. The van der Waals surface area contributed by atoms with Crippen molar-refractivity contribution in [1.29, 1.82) is 0 Å². The van der Waals surface area contributed by atoms with Crippen molar-refractivity contribution in [3.8, 4) is 0 Å². The van der Waals surface area contributed by atoms with E-state index in [9.17, 15) is 5.11 Å². The molecule has 1 aromatic rings. The van der Waals surface area contributed by atoms with Gasteiger partial charge in [-0.05, 0) is 37.3 Å². The summed E-state index contributed by atoms with van der Waals surface area (Å²) < 4.78 is 0. The first-order chi connectivity index (χ1) is 10.5. The van der Waals surface area contributed by atoms with Crippen LogP contribution in [0.1, 0.15) is 37.0 Å². The van der Waals surface area contributed by atoms with E-state index in [4.69, 9.17) is 0 Å². The largest absolute Gasteiger partial charge is 0.396 e. The zero-order valence-electron chi connectivity index (χ0n) is 14.7. The standard InChI is InChI=1S/C19H32N2O/c1-15(2)12-21-9-8-20(14-19(21)7-10-22)13-18-11-16(3)5-6-17(18)4/h5-6,11,15,19,22H,7-10,12-14H2,1-4H3. The lowest BCUT2D eigenvalue weighted by atomic mass is 10.0. The number of piperazine rings is 1. The molecular formula is C19H32N2O. The van der Waals surface area contributed by atoms with Crippen LogP contribution in [0.2, 0.25) is 0 Å². The van der Waals surface area contributed by atoms with Gasteiger partial charge in [0.1, 0.15) is 0 Å². The molecule has 0 aromatic heterocycles. The second kappa shape index (κ2) is 8.09. The minimum atomic E-state index is 0.288. The summed E-state index contributed by atoms with van der Waals surface area (Å²) >= 11 is 0. The summed E-state index contributed by atoms with van der Waals surface area (Å²) in [5, 5.41) is 9.38. The van der Waals surface area contributed by atoms with Crippen LogP contribution in [0.3, 0.4) is 0 Å². The maximum absolute atomic E-state index is 9.38. The molecule has 1 aliphatic heterocycles. The van der Waals surface area contributed by atoms with Crippen LogP contribution in [0.25, 0.3) is 0 Å². The summed E-state index contributed by atoms with van der Waals surface area (Å²) in [4.78, 5) is 5.12. The molecule has 1 aliphatic rings. The van der Waals surface area contributed by atoms with E-state index in [1.165, 1.54) is 16.7 Å². The lowest BCUT2D eigenvalue weighted by Gasteiger charge is -2.42. The zero-order chi connectivity index (χ0) is 16.1. The van der Waals surface area contributed by atoms with E-state index in [0.717, 1.165) is 39.1 Å². The summed E-state index contributed by atoms with van der Waals surface area (Å²) in [5.41, 5.74) is 4.17. The zero-order valence-corrected chi connectivity index (χ0v) is 14.7. The molecule has 3 heteroatoms. The van der Waals surface area contributed by atoms with E-state index < -0.39 is 0 Å². The number of aliphatic hydroxyl groups is 1. The number of hydrogen-bond donors (Lipinski definition) is 1. The molecule has 2 rings (SSSR count). The number of hydrogen-bond acceptors (Lipinski definition) is 3. The van der Waals surface area contributed by atoms with Gasteiger partial charge >= 0.3 is 0 Å². The van der Waals surface area contributed by atoms with Crippen LogP contribution in [0.4, 0.5) is 0 Å². The van der Waals surface area contributed by atoms with Gasteiger partial charge in [-0.15, -0.1) is 0 Å². The van der Waals surface area contributed by atoms with Crippen LogP contribution >= 0.6 is 0 Å². The summed E-state index contributed by atoms with van der Waals surface area (Å²) in [5.74, 6) is 0.687. The SMILES string of the molecule is Cc1ccc(C)c(CN2CCN(CC(C)C)C(CCO)C2)c1. The van der Waals surface area contributed by atoms with Gasteiger partial charge in [0.25, 0.3) is 0 Å². The molecule has 0 saturated carbocycles. The van der Waals surface area contributed by atoms with Gasteiger partial charge in [0.15, 0.2) is 0 Å². The molecule has 3 nitrogen and oxygen atoms in total. The number of aliphatic hydroxyl groups excluding tert-OH is 1. The summed E-state index contributed by atoms with van der Waals surface area (Å²) in [6, 6.07) is 7.22. The smallest absolute Gasteiger partial charge is 0.0446 e. The van der Waals surface area contributed by atoms with Crippen molar-refractivity contribution in [2.45, 2.75) is 46.7 Å². The molecule has 0 aliphatic carbocycles. The van der Waals surface area contributed by atoms with E-state index in [1.807, 2.05) is 0 Å². The van der Waals surface area contributed by atoms with E-state index in [2.05, 4.69) is 55.7 Å². The molecule has 1 N–H and O–H groups in total. The van der Waals surface area contributed by atoms with Crippen LogP contribution in [0.15, 0.2) is 18.2 Å². The van der Waals surface area contributed by atoms with Crippen LogP contribution in [0, 0.1) is 19.8 Å². The van der Waals surface area contributed by atoms with Crippen LogP contribution < -0.4 is 0 Å². The molecule has 0 radical (unpaired) electrons. The Morgan fingerprint density at radius 3 is 2.68 bits per heavy atom. The third kappa shape index (κ3) is 4.80. The molecule has 1 heterocycles. The predicted octanol–water partition coefficient (Wildman–Crippen LogP) is 2.83. The minimum absolute atomic E-state index is 0.288. The average molecular weight is 304 g/mol. The maximum atomic E-state index is 9.38. The fourth-order valence-electron chi connectivity index (χ4n) is 3.44. The van der Waals surface area contributed by atoms with Gasteiger partial charge in [-0.2, -0.15) is 0 Å². The molecule has 22 heavy (non-hydrogen) atoms. The van der Waals surface area contributed by atoms with Crippen molar-refractivity contribution in [3.05, 3.63) is 34.9 Å². The fraction of sp³-hybridized carbons (Fsp3) is 0.684. The second-order valence-corrected chi connectivity index (χ2v) is 7.22. The molecule has 0 spiro atoms. The summed E-state index contributed by atoms with van der Waals surface area (Å²) in [6.07, 6.45) is 0.885. The molecular weight excluding hydrogens is 272 g/mol. The lowest BCUT2D eigenvalue weighted by molar-refractivity contribution is 0.0476. The van der Waals surface area contributed by atoms with Gasteiger partial charge in [-0.25, -0.2) is 0 Å². The molecule has 1 atom stereocenters. The number of benzene rings is 1. The minimum Gasteiger partial charge on any atom is -0.396 e. The van der Waals surface area contributed by atoms with Gasteiger partial charge in [0.05, 0.1) is 0 Å². The highest BCUT2D eigenvalue weighted by molar-refractivity contribution is 5.30. The Morgan fingerprint density at radius 1 is 1.23 bits per heavy atom. The third-order valence-electron chi connectivity index (χ3n) is 4.65. The Labute approximate surface area is 135 Å². The topological polar surface area (TPSA) is 26.7 Å². The van der Waals surface area contributed by atoms with Crippen molar-refractivity contribution >= 4 is 0 Å². The Bertz CT molecular complexity index is 473. The van der Waals surface area contributed by atoms with E-state index in [0.29, 0.717) is 12.0 Å². The fourth-order valence-corrected chi connectivity index (χ4v) is 3.44. The molecule has 1 fully saturated rings.